The van der Waals surface area contributed by atoms with Gasteiger partial charge in [-0.3, -0.25) is 9.59 Å². The van der Waals surface area contributed by atoms with Gasteiger partial charge < -0.3 is 34.3 Å². The largest absolute Gasteiger partial charge is 0.489 e. The topological polar surface area (TPSA) is 141 Å². The SMILES string of the molecule is O=C(O)C(Cc1ccc(OCc2c(Cl)cccc2Cl)cc1)NC(=O)C1OCOC1C(=O)N1CCCC1C(=O)OCc1ccccc1. The van der Waals surface area contributed by atoms with E-state index in [0.717, 1.165) is 5.56 Å². The summed E-state index contributed by atoms with van der Waals surface area (Å²) in [7, 11) is 0. The third kappa shape index (κ3) is 8.16. The number of likely N-dealkylation sites (tertiary alicyclic amines) is 1. The van der Waals surface area contributed by atoms with Gasteiger partial charge in [0, 0.05) is 28.6 Å². The van der Waals surface area contributed by atoms with Crippen LogP contribution in [0.2, 0.25) is 10.0 Å². The molecule has 11 nitrogen and oxygen atoms in total. The molecule has 2 aliphatic rings. The highest BCUT2D eigenvalue weighted by Crippen LogP contribution is 2.27. The van der Waals surface area contributed by atoms with Crippen molar-refractivity contribution in [2.45, 2.75) is 56.8 Å². The molecule has 0 radical (unpaired) electrons. The molecular weight excluding hydrogens is 639 g/mol. The Kier molecular flexibility index (Phi) is 11.1. The van der Waals surface area contributed by atoms with Gasteiger partial charge in [0.25, 0.3) is 11.8 Å². The highest BCUT2D eigenvalue weighted by Gasteiger charge is 2.47. The number of esters is 1. The normalized spacial score (nSPS) is 19.8. The van der Waals surface area contributed by atoms with E-state index in [1.165, 1.54) is 4.90 Å². The molecule has 0 aliphatic carbocycles. The lowest BCUT2D eigenvalue weighted by Gasteiger charge is -2.27. The minimum atomic E-state index is -1.40. The standard InChI is InChI=1S/C33H32Cl2N2O9/c34-24-8-4-9-25(35)23(24)18-43-22-13-11-20(12-14-22)16-26(32(40)41)36-30(38)28-29(46-19-45-28)31(39)37-15-5-10-27(37)33(42)44-17-21-6-2-1-3-7-21/h1-4,6-9,11-14,26-29H,5,10,15-19H2,(H,36,38)(H,40,41). The number of benzene rings is 3. The summed E-state index contributed by atoms with van der Waals surface area (Å²) < 4.78 is 22.1. The van der Waals surface area contributed by atoms with Crippen molar-refractivity contribution >= 4 is 47.0 Å². The molecular formula is C33H32Cl2N2O9. The zero-order valence-electron chi connectivity index (χ0n) is 24.6. The van der Waals surface area contributed by atoms with E-state index in [1.807, 2.05) is 30.3 Å². The van der Waals surface area contributed by atoms with Crippen LogP contribution in [0.15, 0.2) is 72.8 Å². The van der Waals surface area contributed by atoms with E-state index in [4.69, 9.17) is 42.1 Å². The van der Waals surface area contributed by atoms with E-state index in [1.54, 1.807) is 42.5 Å². The Morgan fingerprint density at radius 1 is 0.891 bits per heavy atom. The molecule has 2 fully saturated rings. The number of nitrogens with one attached hydrogen (secondary N) is 1. The van der Waals surface area contributed by atoms with E-state index >= 15 is 0 Å². The summed E-state index contributed by atoms with van der Waals surface area (Å²) >= 11 is 12.4. The Labute approximate surface area is 275 Å². The highest BCUT2D eigenvalue weighted by molar-refractivity contribution is 6.35. The quantitative estimate of drug-likeness (QED) is 0.272. The summed E-state index contributed by atoms with van der Waals surface area (Å²) in [5, 5.41) is 13.3. The van der Waals surface area contributed by atoms with Gasteiger partial charge in [-0.2, -0.15) is 0 Å². The van der Waals surface area contributed by atoms with E-state index in [-0.39, 0.29) is 33.0 Å². The highest BCUT2D eigenvalue weighted by atomic mass is 35.5. The lowest BCUT2D eigenvalue weighted by Crippen LogP contribution is -2.54. The summed E-state index contributed by atoms with van der Waals surface area (Å²) in [5.74, 6) is -2.73. The molecule has 2 N–H and O–H groups in total. The number of carbonyl (C=O) groups excluding carboxylic acids is 3. The van der Waals surface area contributed by atoms with Gasteiger partial charge in [0.05, 0.1) is 0 Å². The minimum Gasteiger partial charge on any atom is -0.489 e. The monoisotopic (exact) mass is 670 g/mol. The number of nitrogens with zero attached hydrogens (tertiary/aromatic N) is 1. The first kappa shape index (κ1) is 33.2. The van der Waals surface area contributed by atoms with Gasteiger partial charge in [-0.15, -0.1) is 0 Å². The summed E-state index contributed by atoms with van der Waals surface area (Å²) in [6.45, 7) is 0.142. The van der Waals surface area contributed by atoms with Crippen LogP contribution in [-0.2, 0) is 53.0 Å². The van der Waals surface area contributed by atoms with Crippen molar-refractivity contribution in [3.8, 4) is 5.75 Å². The number of carboxylic acid groups (broad SMARTS) is 1. The zero-order chi connectivity index (χ0) is 32.6. The lowest BCUT2D eigenvalue weighted by atomic mass is 10.0. The summed E-state index contributed by atoms with van der Waals surface area (Å²) in [4.78, 5) is 52.9. The average Bonchev–Trinajstić information content (AvgIpc) is 3.75. The van der Waals surface area contributed by atoms with E-state index in [2.05, 4.69) is 5.32 Å². The van der Waals surface area contributed by atoms with Gasteiger partial charge in [0.15, 0.2) is 12.2 Å². The third-order valence-electron chi connectivity index (χ3n) is 7.73. The molecule has 2 heterocycles. The van der Waals surface area contributed by atoms with Crippen molar-refractivity contribution in [1.29, 1.82) is 0 Å². The molecule has 13 heteroatoms. The number of carboxylic acids is 1. The fourth-order valence-corrected chi connectivity index (χ4v) is 5.78. The number of ether oxygens (including phenoxy) is 4. The van der Waals surface area contributed by atoms with Crippen molar-refractivity contribution in [3.63, 3.8) is 0 Å². The van der Waals surface area contributed by atoms with Gasteiger partial charge in [0.2, 0.25) is 0 Å². The number of hydrogen-bond donors (Lipinski definition) is 2. The predicted octanol–water partition coefficient (Wildman–Crippen LogP) is 4.16. The second-order valence-corrected chi connectivity index (χ2v) is 11.6. The maximum Gasteiger partial charge on any atom is 0.329 e. The Hall–Kier alpha value is -4.16. The molecule has 46 heavy (non-hydrogen) atoms. The van der Waals surface area contributed by atoms with Crippen LogP contribution in [0.1, 0.15) is 29.5 Å². The molecule has 242 valence electrons. The molecule has 5 rings (SSSR count). The first-order valence-electron chi connectivity index (χ1n) is 14.6. The first-order valence-corrected chi connectivity index (χ1v) is 15.4. The summed E-state index contributed by atoms with van der Waals surface area (Å²) in [5.41, 5.74) is 2.06. The number of carbonyl (C=O) groups is 4. The molecule has 0 bridgehead atoms. The fraction of sp³-hybridized carbons (Fsp3) is 0.333. The second kappa shape index (κ2) is 15.4. The molecule has 3 aromatic rings. The molecule has 2 saturated heterocycles. The molecule has 0 saturated carbocycles. The predicted molar refractivity (Wildman–Crippen MR) is 166 cm³/mol. The van der Waals surface area contributed by atoms with E-state index in [9.17, 15) is 24.3 Å². The maximum atomic E-state index is 13.5. The molecule has 4 atom stereocenters. The van der Waals surface area contributed by atoms with Crippen LogP contribution in [0, 0.1) is 0 Å². The van der Waals surface area contributed by atoms with Crippen LogP contribution in [0.3, 0.4) is 0 Å². The molecule has 4 unspecified atom stereocenters. The number of aliphatic carboxylic acids is 1. The summed E-state index contributed by atoms with van der Waals surface area (Å²) in [6.07, 6.45) is -1.82. The van der Waals surface area contributed by atoms with E-state index in [0.29, 0.717) is 39.8 Å². The molecule has 3 aromatic carbocycles. The fourth-order valence-electron chi connectivity index (χ4n) is 5.28. The van der Waals surface area contributed by atoms with Gasteiger partial charge >= 0.3 is 11.9 Å². The van der Waals surface area contributed by atoms with Crippen molar-refractivity contribution in [2.24, 2.45) is 0 Å². The average molecular weight is 672 g/mol. The van der Waals surface area contributed by atoms with Crippen LogP contribution in [0.4, 0.5) is 0 Å². The lowest BCUT2D eigenvalue weighted by molar-refractivity contribution is -0.158. The van der Waals surface area contributed by atoms with E-state index < -0.39 is 48.0 Å². The molecule has 2 aliphatic heterocycles. The number of hydrogen-bond acceptors (Lipinski definition) is 8. The Morgan fingerprint density at radius 3 is 2.28 bits per heavy atom. The van der Waals surface area contributed by atoms with Gasteiger partial charge in [0.1, 0.15) is 37.8 Å². The Bertz CT molecular complexity index is 1530. The van der Waals surface area contributed by atoms with Gasteiger partial charge in [-0.05, 0) is 48.2 Å². The number of rotatable bonds is 12. The third-order valence-corrected chi connectivity index (χ3v) is 8.43. The van der Waals surface area contributed by atoms with Crippen LogP contribution >= 0.6 is 23.2 Å². The Morgan fingerprint density at radius 2 is 1.59 bits per heavy atom. The van der Waals surface area contributed by atoms with Crippen molar-refractivity contribution in [2.75, 3.05) is 13.3 Å². The molecule has 0 aromatic heterocycles. The van der Waals surface area contributed by atoms with Crippen molar-refractivity contribution in [3.05, 3.63) is 99.5 Å². The molecule has 0 spiro atoms. The van der Waals surface area contributed by atoms with Crippen molar-refractivity contribution in [1.82, 2.24) is 10.2 Å². The first-order chi connectivity index (χ1) is 22.2. The number of halogens is 2. The maximum absolute atomic E-state index is 13.5. The minimum absolute atomic E-state index is 0.0503. The van der Waals surface area contributed by atoms with Crippen LogP contribution in [-0.4, -0.2) is 71.4 Å². The van der Waals surface area contributed by atoms with Crippen LogP contribution in [0.25, 0.3) is 0 Å². The zero-order valence-corrected chi connectivity index (χ0v) is 26.1. The smallest absolute Gasteiger partial charge is 0.329 e. The van der Waals surface area contributed by atoms with Gasteiger partial charge in [-0.25, -0.2) is 9.59 Å². The van der Waals surface area contributed by atoms with Gasteiger partial charge in [-0.1, -0.05) is 71.7 Å². The number of amides is 2. The summed E-state index contributed by atoms with van der Waals surface area (Å²) in [6, 6.07) is 18.9. The molecule has 2 amide bonds. The van der Waals surface area contributed by atoms with Crippen molar-refractivity contribution < 1.29 is 43.2 Å². The van der Waals surface area contributed by atoms with Crippen LogP contribution < -0.4 is 10.1 Å². The van der Waals surface area contributed by atoms with Crippen LogP contribution in [0.5, 0.6) is 5.75 Å². The Balaban J connectivity index is 1.16. The second-order valence-electron chi connectivity index (χ2n) is 10.8.